The average molecular weight is 244 g/mol. The predicted octanol–water partition coefficient (Wildman–Crippen LogP) is 0.846. The lowest BCUT2D eigenvalue weighted by Gasteiger charge is -2.35. The molecule has 0 aromatic rings. The van der Waals surface area contributed by atoms with Crippen LogP contribution in [0.15, 0.2) is 0 Å². The van der Waals surface area contributed by atoms with Gasteiger partial charge in [0.2, 0.25) is 0 Å². The standard InChI is InChI=1S/C13H28N2O2/c1-4-17-13-6-5-7-15(9-13)8-12(10-16)14-11(2)3/h11-14,16H,4-10H2,1-3H3. The highest BCUT2D eigenvalue weighted by Gasteiger charge is 2.22. The molecule has 102 valence electrons. The monoisotopic (exact) mass is 244 g/mol. The molecule has 1 heterocycles. The molecule has 1 fully saturated rings. The van der Waals surface area contributed by atoms with Gasteiger partial charge < -0.3 is 15.2 Å². The van der Waals surface area contributed by atoms with E-state index in [1.807, 2.05) is 0 Å². The van der Waals surface area contributed by atoms with Crippen LogP contribution in [0.2, 0.25) is 0 Å². The van der Waals surface area contributed by atoms with Crippen LogP contribution in [0.5, 0.6) is 0 Å². The SMILES string of the molecule is CCOC1CCCN(CC(CO)NC(C)C)C1. The highest BCUT2D eigenvalue weighted by Crippen LogP contribution is 2.13. The summed E-state index contributed by atoms with van der Waals surface area (Å²) in [5, 5.41) is 12.7. The molecule has 4 heteroatoms. The highest BCUT2D eigenvalue weighted by molar-refractivity contribution is 4.79. The largest absolute Gasteiger partial charge is 0.395 e. The first kappa shape index (κ1) is 14.9. The summed E-state index contributed by atoms with van der Waals surface area (Å²) in [4.78, 5) is 2.40. The van der Waals surface area contributed by atoms with Gasteiger partial charge in [0.1, 0.15) is 0 Å². The van der Waals surface area contributed by atoms with Gasteiger partial charge in [-0.15, -0.1) is 0 Å². The van der Waals surface area contributed by atoms with E-state index >= 15 is 0 Å². The Labute approximate surface area is 105 Å². The molecule has 1 rings (SSSR count). The summed E-state index contributed by atoms with van der Waals surface area (Å²) < 4.78 is 5.68. The van der Waals surface area contributed by atoms with E-state index in [0.29, 0.717) is 12.1 Å². The Hall–Kier alpha value is -0.160. The van der Waals surface area contributed by atoms with Crippen LogP contribution in [0.25, 0.3) is 0 Å². The third kappa shape index (κ3) is 5.82. The van der Waals surface area contributed by atoms with Crippen molar-refractivity contribution in [2.75, 3.05) is 32.8 Å². The molecular formula is C13H28N2O2. The van der Waals surface area contributed by atoms with Gasteiger partial charge in [-0.05, 0) is 26.3 Å². The number of aliphatic hydroxyl groups is 1. The van der Waals surface area contributed by atoms with Gasteiger partial charge in [-0.1, -0.05) is 13.8 Å². The van der Waals surface area contributed by atoms with Crippen LogP contribution in [-0.4, -0.2) is 61.0 Å². The molecule has 0 aromatic heterocycles. The Balaban J connectivity index is 2.33. The number of rotatable bonds is 7. The minimum Gasteiger partial charge on any atom is -0.395 e. The maximum Gasteiger partial charge on any atom is 0.0702 e. The lowest BCUT2D eigenvalue weighted by molar-refractivity contribution is 0.00143. The van der Waals surface area contributed by atoms with Crippen LogP contribution < -0.4 is 5.32 Å². The van der Waals surface area contributed by atoms with Crippen molar-refractivity contribution in [3.8, 4) is 0 Å². The Morgan fingerprint density at radius 1 is 1.47 bits per heavy atom. The van der Waals surface area contributed by atoms with Crippen molar-refractivity contribution in [2.24, 2.45) is 0 Å². The number of aliphatic hydroxyl groups excluding tert-OH is 1. The third-order valence-electron chi connectivity index (χ3n) is 3.13. The quantitative estimate of drug-likeness (QED) is 0.697. The fraction of sp³-hybridized carbons (Fsp3) is 1.00. The summed E-state index contributed by atoms with van der Waals surface area (Å²) >= 11 is 0. The topological polar surface area (TPSA) is 44.7 Å². The third-order valence-corrected chi connectivity index (χ3v) is 3.13. The van der Waals surface area contributed by atoms with Crippen LogP contribution in [0.1, 0.15) is 33.6 Å². The Bertz CT molecular complexity index is 198. The number of hydrogen-bond acceptors (Lipinski definition) is 4. The molecule has 0 radical (unpaired) electrons. The molecule has 0 aliphatic carbocycles. The number of likely N-dealkylation sites (tertiary alicyclic amines) is 1. The zero-order valence-electron chi connectivity index (χ0n) is 11.5. The molecule has 1 saturated heterocycles. The lowest BCUT2D eigenvalue weighted by atomic mass is 10.1. The van der Waals surface area contributed by atoms with Crippen molar-refractivity contribution < 1.29 is 9.84 Å². The predicted molar refractivity (Wildman–Crippen MR) is 70.2 cm³/mol. The minimum atomic E-state index is 0.176. The Morgan fingerprint density at radius 2 is 2.24 bits per heavy atom. The summed E-state index contributed by atoms with van der Waals surface area (Å²) in [6.07, 6.45) is 2.75. The van der Waals surface area contributed by atoms with Crippen LogP contribution in [0, 0.1) is 0 Å². The summed E-state index contributed by atoms with van der Waals surface area (Å²) in [7, 11) is 0. The normalized spacial score (nSPS) is 24.2. The van der Waals surface area contributed by atoms with Gasteiger partial charge in [0.15, 0.2) is 0 Å². The van der Waals surface area contributed by atoms with Crippen molar-refractivity contribution in [1.82, 2.24) is 10.2 Å². The van der Waals surface area contributed by atoms with Gasteiger partial charge in [-0.2, -0.15) is 0 Å². The zero-order chi connectivity index (χ0) is 12.7. The molecule has 0 aromatic carbocycles. The first-order valence-electron chi connectivity index (χ1n) is 6.86. The molecule has 0 spiro atoms. The number of nitrogens with zero attached hydrogens (tertiary/aromatic N) is 1. The molecule has 1 aliphatic heterocycles. The molecule has 2 N–H and O–H groups in total. The van der Waals surface area contributed by atoms with Gasteiger partial charge in [0.05, 0.1) is 12.7 Å². The van der Waals surface area contributed by atoms with Gasteiger partial charge >= 0.3 is 0 Å². The molecule has 4 nitrogen and oxygen atoms in total. The van der Waals surface area contributed by atoms with Gasteiger partial charge in [0.25, 0.3) is 0 Å². The summed E-state index contributed by atoms with van der Waals surface area (Å²) in [5.74, 6) is 0. The summed E-state index contributed by atoms with van der Waals surface area (Å²) in [6.45, 7) is 10.3. The van der Waals surface area contributed by atoms with E-state index in [1.54, 1.807) is 0 Å². The van der Waals surface area contributed by atoms with E-state index in [2.05, 4.69) is 31.0 Å². The highest BCUT2D eigenvalue weighted by atomic mass is 16.5. The van der Waals surface area contributed by atoms with Crippen LogP contribution >= 0.6 is 0 Å². The molecule has 0 saturated carbocycles. The second-order valence-electron chi connectivity index (χ2n) is 5.18. The molecule has 0 bridgehead atoms. The Morgan fingerprint density at radius 3 is 2.82 bits per heavy atom. The van der Waals surface area contributed by atoms with Gasteiger partial charge in [-0.25, -0.2) is 0 Å². The number of ether oxygens (including phenoxy) is 1. The lowest BCUT2D eigenvalue weighted by Crippen LogP contribution is -2.49. The van der Waals surface area contributed by atoms with Gasteiger partial charge in [0, 0.05) is 31.8 Å². The summed E-state index contributed by atoms with van der Waals surface area (Å²) in [5.41, 5.74) is 0. The van der Waals surface area contributed by atoms with E-state index in [4.69, 9.17) is 4.74 Å². The molecule has 17 heavy (non-hydrogen) atoms. The second-order valence-corrected chi connectivity index (χ2v) is 5.18. The van der Waals surface area contributed by atoms with E-state index in [1.165, 1.54) is 12.8 Å². The molecule has 2 atom stereocenters. The maximum absolute atomic E-state index is 9.35. The summed E-state index contributed by atoms with van der Waals surface area (Å²) in [6, 6.07) is 0.593. The van der Waals surface area contributed by atoms with E-state index in [9.17, 15) is 5.11 Å². The van der Waals surface area contributed by atoms with E-state index in [0.717, 1.165) is 26.2 Å². The van der Waals surface area contributed by atoms with Crippen molar-refractivity contribution in [2.45, 2.75) is 51.8 Å². The Kier molecular flexibility index (Phi) is 7.04. The number of nitrogens with one attached hydrogen (secondary N) is 1. The van der Waals surface area contributed by atoms with Crippen molar-refractivity contribution in [3.63, 3.8) is 0 Å². The van der Waals surface area contributed by atoms with Crippen molar-refractivity contribution >= 4 is 0 Å². The second kappa shape index (κ2) is 8.03. The van der Waals surface area contributed by atoms with Crippen LogP contribution in [0.4, 0.5) is 0 Å². The molecule has 2 unspecified atom stereocenters. The smallest absolute Gasteiger partial charge is 0.0702 e. The molecule has 1 aliphatic rings. The first-order valence-corrected chi connectivity index (χ1v) is 6.86. The van der Waals surface area contributed by atoms with Crippen molar-refractivity contribution in [1.29, 1.82) is 0 Å². The van der Waals surface area contributed by atoms with E-state index < -0.39 is 0 Å². The van der Waals surface area contributed by atoms with Crippen LogP contribution in [-0.2, 0) is 4.74 Å². The number of piperidine rings is 1. The fourth-order valence-electron chi connectivity index (χ4n) is 2.50. The van der Waals surface area contributed by atoms with E-state index in [-0.39, 0.29) is 12.6 Å². The minimum absolute atomic E-state index is 0.176. The van der Waals surface area contributed by atoms with Crippen LogP contribution in [0.3, 0.4) is 0 Å². The molecule has 0 amide bonds. The maximum atomic E-state index is 9.35. The number of hydrogen-bond donors (Lipinski definition) is 2. The fourth-order valence-corrected chi connectivity index (χ4v) is 2.50. The molecular weight excluding hydrogens is 216 g/mol. The zero-order valence-corrected chi connectivity index (χ0v) is 11.5. The average Bonchev–Trinajstić information content (AvgIpc) is 2.28. The van der Waals surface area contributed by atoms with Gasteiger partial charge in [-0.3, -0.25) is 4.90 Å². The first-order chi connectivity index (χ1) is 8.15. The van der Waals surface area contributed by atoms with Crippen molar-refractivity contribution in [3.05, 3.63) is 0 Å².